The Morgan fingerprint density at radius 3 is 2.45 bits per heavy atom. The number of nitrogens with two attached hydrogens (primary N) is 1. The van der Waals surface area contributed by atoms with Gasteiger partial charge in [-0.2, -0.15) is 0 Å². The fraction of sp³-hybridized carbons (Fsp3) is 0.154. The number of hydrogen-bond acceptors (Lipinski definition) is 4. The van der Waals surface area contributed by atoms with E-state index in [0.717, 1.165) is 5.56 Å². The summed E-state index contributed by atoms with van der Waals surface area (Å²) in [5.74, 6) is -0.319. The standard InChI is InChI=1S/C13H14FN3O2S/c14-11-3-1-10(2-4-11)7-8-17-20(18,19)13-6-5-12(15)9-16-13/h1-6,9,17H,7-8,15H2. The van der Waals surface area contributed by atoms with Gasteiger partial charge in [-0.3, -0.25) is 0 Å². The topological polar surface area (TPSA) is 85.1 Å². The molecule has 106 valence electrons. The zero-order valence-corrected chi connectivity index (χ0v) is 11.4. The second kappa shape index (κ2) is 5.98. The number of aromatic nitrogens is 1. The highest BCUT2D eigenvalue weighted by Gasteiger charge is 2.14. The average molecular weight is 295 g/mol. The van der Waals surface area contributed by atoms with Crippen LogP contribution in [0, 0.1) is 5.82 Å². The molecule has 20 heavy (non-hydrogen) atoms. The summed E-state index contributed by atoms with van der Waals surface area (Å²) in [6, 6.07) is 8.73. The van der Waals surface area contributed by atoms with Crippen LogP contribution in [-0.2, 0) is 16.4 Å². The lowest BCUT2D eigenvalue weighted by molar-refractivity contribution is 0.577. The largest absolute Gasteiger partial charge is 0.397 e. The molecular weight excluding hydrogens is 281 g/mol. The minimum atomic E-state index is -3.65. The lowest BCUT2D eigenvalue weighted by atomic mass is 10.1. The Bertz CT molecular complexity index is 670. The second-order valence-corrected chi connectivity index (χ2v) is 5.92. The Balaban J connectivity index is 1.96. The van der Waals surface area contributed by atoms with E-state index in [1.807, 2.05) is 0 Å². The molecule has 0 bridgehead atoms. The molecule has 0 saturated carbocycles. The van der Waals surface area contributed by atoms with E-state index in [0.29, 0.717) is 12.1 Å². The Kier molecular flexibility index (Phi) is 4.31. The minimum absolute atomic E-state index is 0.0780. The molecule has 0 radical (unpaired) electrons. The fourth-order valence-electron chi connectivity index (χ4n) is 1.61. The number of sulfonamides is 1. The predicted octanol–water partition coefficient (Wildman–Crippen LogP) is 1.32. The van der Waals surface area contributed by atoms with Gasteiger partial charge in [0.2, 0.25) is 0 Å². The van der Waals surface area contributed by atoms with Gasteiger partial charge in [0.15, 0.2) is 5.03 Å². The number of benzene rings is 1. The molecule has 3 N–H and O–H groups in total. The first-order valence-electron chi connectivity index (χ1n) is 5.93. The molecule has 5 nitrogen and oxygen atoms in total. The molecular formula is C13H14FN3O2S. The van der Waals surface area contributed by atoms with Crippen molar-refractivity contribution in [1.82, 2.24) is 9.71 Å². The molecule has 2 aromatic rings. The van der Waals surface area contributed by atoms with Gasteiger partial charge in [-0.1, -0.05) is 12.1 Å². The highest BCUT2D eigenvalue weighted by molar-refractivity contribution is 7.89. The van der Waals surface area contributed by atoms with Crippen molar-refractivity contribution in [2.45, 2.75) is 11.4 Å². The van der Waals surface area contributed by atoms with Crippen molar-refractivity contribution in [1.29, 1.82) is 0 Å². The van der Waals surface area contributed by atoms with Crippen LogP contribution in [-0.4, -0.2) is 19.9 Å². The molecule has 0 saturated heterocycles. The monoisotopic (exact) mass is 295 g/mol. The maximum Gasteiger partial charge on any atom is 0.258 e. The number of nitrogens with zero attached hydrogens (tertiary/aromatic N) is 1. The number of anilines is 1. The summed E-state index contributed by atoms with van der Waals surface area (Å²) < 4.78 is 39.0. The fourth-order valence-corrected chi connectivity index (χ4v) is 2.56. The number of nitrogen functional groups attached to an aromatic ring is 1. The molecule has 7 heteroatoms. The summed E-state index contributed by atoms with van der Waals surface area (Å²) in [6.07, 6.45) is 1.75. The first-order valence-corrected chi connectivity index (χ1v) is 7.41. The Morgan fingerprint density at radius 1 is 1.15 bits per heavy atom. The molecule has 0 unspecified atom stereocenters. The van der Waals surface area contributed by atoms with Crippen molar-refractivity contribution >= 4 is 15.7 Å². The van der Waals surface area contributed by atoms with Gasteiger partial charge in [-0.15, -0.1) is 0 Å². The van der Waals surface area contributed by atoms with E-state index in [4.69, 9.17) is 5.73 Å². The van der Waals surface area contributed by atoms with Crippen LogP contribution in [0.1, 0.15) is 5.56 Å². The Morgan fingerprint density at radius 2 is 1.85 bits per heavy atom. The molecule has 0 spiro atoms. The zero-order valence-electron chi connectivity index (χ0n) is 10.6. The second-order valence-electron chi connectivity index (χ2n) is 4.20. The van der Waals surface area contributed by atoms with E-state index in [1.54, 1.807) is 12.1 Å². The third-order valence-corrected chi connectivity index (χ3v) is 4.03. The Labute approximate surface area is 116 Å². The first-order chi connectivity index (χ1) is 9.47. The van der Waals surface area contributed by atoms with Crippen LogP contribution in [0.25, 0.3) is 0 Å². The first kappa shape index (κ1) is 14.4. The molecule has 2 rings (SSSR count). The van der Waals surface area contributed by atoms with Crippen LogP contribution in [0.3, 0.4) is 0 Å². The van der Waals surface area contributed by atoms with Crippen molar-refractivity contribution in [2.24, 2.45) is 0 Å². The zero-order chi connectivity index (χ0) is 14.6. The van der Waals surface area contributed by atoms with Crippen LogP contribution >= 0.6 is 0 Å². The molecule has 0 aliphatic carbocycles. The van der Waals surface area contributed by atoms with E-state index >= 15 is 0 Å². The highest BCUT2D eigenvalue weighted by atomic mass is 32.2. The molecule has 1 heterocycles. The third-order valence-electron chi connectivity index (χ3n) is 2.65. The smallest absolute Gasteiger partial charge is 0.258 e. The van der Waals surface area contributed by atoms with Gasteiger partial charge in [-0.25, -0.2) is 22.5 Å². The summed E-state index contributed by atoms with van der Waals surface area (Å²) in [7, 11) is -3.65. The van der Waals surface area contributed by atoms with E-state index in [-0.39, 0.29) is 17.4 Å². The minimum Gasteiger partial charge on any atom is -0.397 e. The maximum absolute atomic E-state index is 12.7. The average Bonchev–Trinajstić information content (AvgIpc) is 2.41. The molecule has 0 atom stereocenters. The maximum atomic E-state index is 12.7. The van der Waals surface area contributed by atoms with Gasteiger partial charge in [0.1, 0.15) is 5.82 Å². The quantitative estimate of drug-likeness (QED) is 0.871. The molecule has 0 amide bonds. The van der Waals surface area contributed by atoms with Crippen LogP contribution in [0.4, 0.5) is 10.1 Å². The number of hydrogen-bond donors (Lipinski definition) is 2. The van der Waals surface area contributed by atoms with Gasteiger partial charge in [0.05, 0.1) is 11.9 Å². The third kappa shape index (κ3) is 3.75. The SMILES string of the molecule is Nc1ccc(S(=O)(=O)NCCc2ccc(F)cc2)nc1. The number of halogens is 1. The van der Waals surface area contributed by atoms with E-state index in [1.165, 1.54) is 30.5 Å². The molecule has 0 fully saturated rings. The molecule has 1 aromatic heterocycles. The van der Waals surface area contributed by atoms with Crippen LogP contribution in [0.15, 0.2) is 47.6 Å². The summed E-state index contributed by atoms with van der Waals surface area (Å²) in [5.41, 5.74) is 6.69. The number of nitrogens with one attached hydrogen (secondary N) is 1. The van der Waals surface area contributed by atoms with Crippen molar-refractivity contribution in [3.8, 4) is 0 Å². The van der Waals surface area contributed by atoms with Crippen molar-refractivity contribution in [2.75, 3.05) is 12.3 Å². The van der Waals surface area contributed by atoms with Crippen molar-refractivity contribution in [3.63, 3.8) is 0 Å². The lowest BCUT2D eigenvalue weighted by Crippen LogP contribution is -2.26. The number of rotatable bonds is 5. The lowest BCUT2D eigenvalue weighted by Gasteiger charge is -2.06. The van der Waals surface area contributed by atoms with E-state index in [9.17, 15) is 12.8 Å². The summed E-state index contributed by atoms with van der Waals surface area (Å²) >= 11 is 0. The molecule has 1 aromatic carbocycles. The van der Waals surface area contributed by atoms with Gasteiger partial charge >= 0.3 is 0 Å². The van der Waals surface area contributed by atoms with Gasteiger partial charge in [0.25, 0.3) is 10.0 Å². The normalized spacial score (nSPS) is 11.4. The van der Waals surface area contributed by atoms with Crippen molar-refractivity contribution in [3.05, 3.63) is 54.0 Å². The van der Waals surface area contributed by atoms with Gasteiger partial charge in [-0.05, 0) is 36.2 Å². The summed E-state index contributed by atoms with van der Waals surface area (Å²) in [4.78, 5) is 3.76. The van der Waals surface area contributed by atoms with Crippen LogP contribution < -0.4 is 10.5 Å². The van der Waals surface area contributed by atoms with Gasteiger partial charge in [0, 0.05) is 6.54 Å². The summed E-state index contributed by atoms with van der Waals surface area (Å²) in [6.45, 7) is 0.208. The Hall–Kier alpha value is -1.99. The number of pyridine rings is 1. The summed E-state index contributed by atoms with van der Waals surface area (Å²) in [5, 5.41) is -0.0780. The van der Waals surface area contributed by atoms with Crippen molar-refractivity contribution < 1.29 is 12.8 Å². The molecule has 0 aliphatic heterocycles. The van der Waals surface area contributed by atoms with E-state index in [2.05, 4.69) is 9.71 Å². The molecule has 0 aliphatic rings. The van der Waals surface area contributed by atoms with Crippen LogP contribution in [0.5, 0.6) is 0 Å². The highest BCUT2D eigenvalue weighted by Crippen LogP contribution is 2.08. The van der Waals surface area contributed by atoms with Crippen LogP contribution in [0.2, 0.25) is 0 Å². The predicted molar refractivity (Wildman–Crippen MR) is 73.9 cm³/mol. The van der Waals surface area contributed by atoms with Gasteiger partial charge < -0.3 is 5.73 Å². The van der Waals surface area contributed by atoms with E-state index < -0.39 is 10.0 Å².